The first-order valence-corrected chi connectivity index (χ1v) is 11.8. The smallest absolute Gasteiger partial charge is 0.350 e. The van der Waals surface area contributed by atoms with E-state index in [1.54, 1.807) is 17.8 Å². The van der Waals surface area contributed by atoms with Crippen molar-refractivity contribution in [1.29, 1.82) is 0 Å². The third kappa shape index (κ3) is 5.93. The van der Waals surface area contributed by atoms with E-state index in [0.717, 1.165) is 10.6 Å². The summed E-state index contributed by atoms with van der Waals surface area (Å²) in [5.41, 5.74) is 7.01. The van der Waals surface area contributed by atoms with Crippen molar-refractivity contribution in [3.63, 3.8) is 0 Å². The molecular weight excluding hydrogens is 429 g/mol. The molecule has 0 fully saturated rings. The number of nitrogens with two attached hydrogens (primary N) is 1. The number of nitrogen functional groups attached to an aromatic ring is 1. The van der Waals surface area contributed by atoms with Gasteiger partial charge in [-0.05, 0) is 32.9 Å². The quantitative estimate of drug-likeness (QED) is 0.326. The Kier molecular flexibility index (Phi) is 6.99. The minimum absolute atomic E-state index is 0.0241. The van der Waals surface area contributed by atoms with Gasteiger partial charge in [0, 0.05) is 0 Å². The lowest BCUT2D eigenvalue weighted by Gasteiger charge is -2.15. The van der Waals surface area contributed by atoms with Gasteiger partial charge in [-0.3, -0.25) is 4.57 Å². The minimum Gasteiger partial charge on any atom is -0.490 e. The van der Waals surface area contributed by atoms with Crippen molar-refractivity contribution in [3.05, 3.63) is 30.6 Å². The first-order chi connectivity index (χ1) is 14.1. The monoisotopic (exact) mass is 453 g/mol. The van der Waals surface area contributed by atoms with Crippen LogP contribution in [0.25, 0.3) is 11.2 Å². The van der Waals surface area contributed by atoms with E-state index in [-0.39, 0.29) is 12.1 Å². The molecule has 2 aromatic heterocycles. The molecule has 1 atom stereocenters. The average molecular weight is 453 g/mol. The van der Waals surface area contributed by atoms with Crippen LogP contribution >= 0.6 is 19.4 Å². The van der Waals surface area contributed by atoms with Crippen LogP contribution in [-0.4, -0.2) is 47.9 Å². The molecular formula is C18H24N5O5PS. The minimum atomic E-state index is -4.24. The number of para-hydroxylation sites is 1. The molecule has 1 aromatic carbocycles. The van der Waals surface area contributed by atoms with Gasteiger partial charge in [-0.15, -0.1) is 0 Å². The lowest BCUT2D eigenvalue weighted by molar-refractivity contribution is 0.0764. The Balaban J connectivity index is 1.87. The topological polar surface area (TPSA) is 146 Å². The van der Waals surface area contributed by atoms with Crippen molar-refractivity contribution >= 4 is 36.5 Å². The molecule has 30 heavy (non-hydrogen) atoms. The number of hydrogen-bond donors (Lipinski definition) is 3. The molecule has 0 radical (unpaired) electrons. The van der Waals surface area contributed by atoms with E-state index < -0.39 is 20.0 Å². The van der Waals surface area contributed by atoms with Crippen molar-refractivity contribution in [1.82, 2.24) is 19.5 Å². The van der Waals surface area contributed by atoms with Crippen LogP contribution in [0.2, 0.25) is 0 Å². The van der Waals surface area contributed by atoms with Gasteiger partial charge in [0.05, 0.1) is 30.0 Å². The number of ether oxygens (including phenoxy) is 2. The maximum atomic E-state index is 11.0. The normalized spacial score (nSPS) is 13.1. The number of benzene rings is 1. The highest BCUT2D eigenvalue weighted by molar-refractivity contribution is 7.99. The van der Waals surface area contributed by atoms with Crippen molar-refractivity contribution in [3.8, 4) is 5.75 Å². The Labute approximate surface area is 178 Å². The molecule has 0 aliphatic carbocycles. The maximum absolute atomic E-state index is 11.0. The highest BCUT2D eigenvalue weighted by atomic mass is 32.2. The zero-order chi connectivity index (χ0) is 21.9. The van der Waals surface area contributed by atoms with Gasteiger partial charge in [0.1, 0.15) is 22.6 Å². The van der Waals surface area contributed by atoms with E-state index in [4.69, 9.17) is 25.0 Å². The van der Waals surface area contributed by atoms with E-state index in [1.807, 2.05) is 38.1 Å². The fourth-order valence-corrected chi connectivity index (χ4v) is 4.08. The lowest BCUT2D eigenvalue weighted by atomic mass is 10.3. The van der Waals surface area contributed by atoms with Crippen LogP contribution in [-0.2, 0) is 15.8 Å². The van der Waals surface area contributed by atoms with Crippen molar-refractivity contribution < 1.29 is 23.8 Å². The summed E-state index contributed by atoms with van der Waals surface area (Å²) < 4.78 is 23.8. The first kappa shape index (κ1) is 22.5. The summed E-state index contributed by atoms with van der Waals surface area (Å²) in [7, 11) is -4.24. The lowest BCUT2D eigenvalue weighted by Crippen LogP contribution is -2.17. The fraction of sp³-hybridized carbons (Fsp3) is 0.389. The molecule has 4 N–H and O–H groups in total. The Morgan fingerprint density at radius 3 is 2.67 bits per heavy atom. The largest absolute Gasteiger partial charge is 0.490 e. The van der Waals surface area contributed by atoms with Gasteiger partial charge in [-0.2, -0.15) is 4.98 Å². The van der Waals surface area contributed by atoms with E-state index in [2.05, 4.69) is 15.0 Å². The molecule has 2 heterocycles. The number of fused-ring (bicyclic) bond motifs is 1. The first-order valence-electron chi connectivity index (χ1n) is 9.20. The molecule has 1 unspecified atom stereocenters. The predicted octanol–water partition coefficient (Wildman–Crippen LogP) is 2.89. The van der Waals surface area contributed by atoms with Crippen molar-refractivity contribution in [2.75, 3.05) is 12.1 Å². The fourth-order valence-electron chi connectivity index (χ4n) is 2.68. The Morgan fingerprint density at radius 2 is 1.97 bits per heavy atom. The second-order valence-electron chi connectivity index (χ2n) is 6.94. The number of imidazole rings is 1. The highest BCUT2D eigenvalue weighted by Gasteiger charge is 2.19. The third-order valence-electron chi connectivity index (χ3n) is 3.85. The summed E-state index contributed by atoms with van der Waals surface area (Å²) in [4.78, 5) is 31.9. The van der Waals surface area contributed by atoms with Crippen LogP contribution in [0, 0.1) is 0 Å². The van der Waals surface area contributed by atoms with Crippen LogP contribution < -0.4 is 10.5 Å². The number of aromatic nitrogens is 4. The van der Waals surface area contributed by atoms with Gasteiger partial charge >= 0.3 is 7.60 Å². The Hall–Kier alpha value is -2.17. The van der Waals surface area contributed by atoms with Gasteiger partial charge < -0.3 is 29.6 Å². The van der Waals surface area contributed by atoms with E-state index in [9.17, 15) is 4.57 Å². The Morgan fingerprint density at radius 1 is 1.23 bits per heavy atom. The molecule has 10 nitrogen and oxygen atoms in total. The molecule has 162 valence electrons. The molecule has 0 aliphatic heterocycles. The highest BCUT2D eigenvalue weighted by Crippen LogP contribution is 2.37. The van der Waals surface area contributed by atoms with Crippen LogP contribution in [0.1, 0.15) is 20.8 Å². The SMILES string of the molecule is CC(C)Oc1ccccc1Sc1nc(N)nc2c1ncn2CC(C)OCP(=O)(O)O. The zero-order valence-corrected chi connectivity index (χ0v) is 18.5. The summed E-state index contributed by atoms with van der Waals surface area (Å²) >= 11 is 1.38. The molecule has 0 amide bonds. The number of rotatable bonds is 9. The van der Waals surface area contributed by atoms with Gasteiger partial charge in [0.15, 0.2) is 5.65 Å². The maximum Gasteiger partial charge on any atom is 0.350 e. The van der Waals surface area contributed by atoms with Gasteiger partial charge in [-0.25, -0.2) is 9.97 Å². The molecule has 0 bridgehead atoms. The molecule has 12 heteroatoms. The third-order valence-corrected chi connectivity index (χ3v) is 5.37. The molecule has 0 spiro atoms. The summed E-state index contributed by atoms with van der Waals surface area (Å²) in [6.07, 6.45) is 0.487. The average Bonchev–Trinajstić information content (AvgIpc) is 3.03. The number of nitrogens with zero attached hydrogens (tertiary/aromatic N) is 4. The van der Waals surface area contributed by atoms with Gasteiger partial charge in [0.2, 0.25) is 5.95 Å². The van der Waals surface area contributed by atoms with Crippen molar-refractivity contribution in [2.45, 2.75) is 49.4 Å². The summed E-state index contributed by atoms with van der Waals surface area (Å²) in [6.45, 7) is 5.92. The van der Waals surface area contributed by atoms with Crippen molar-refractivity contribution in [2.24, 2.45) is 0 Å². The van der Waals surface area contributed by atoms with E-state index in [0.29, 0.717) is 22.7 Å². The zero-order valence-electron chi connectivity index (χ0n) is 16.8. The van der Waals surface area contributed by atoms with Crippen LogP contribution in [0.4, 0.5) is 5.95 Å². The van der Waals surface area contributed by atoms with Gasteiger partial charge in [0.25, 0.3) is 0 Å². The van der Waals surface area contributed by atoms with E-state index in [1.165, 1.54) is 11.8 Å². The molecule has 0 saturated carbocycles. The molecule has 0 saturated heterocycles. The molecule has 3 aromatic rings. The summed E-state index contributed by atoms with van der Waals surface area (Å²) in [5, 5.41) is 0.583. The Bertz CT molecular complexity index is 1070. The second-order valence-corrected chi connectivity index (χ2v) is 9.56. The standard InChI is InChI=1S/C18H24N5O5PS/c1-11(2)28-13-6-4-5-7-14(13)30-17-15-16(21-18(19)22-17)23(9-20-15)8-12(3)27-10-29(24,25)26/h4-7,9,11-12H,8,10H2,1-3H3,(H2,19,21,22)(H2,24,25,26). The number of hydrogen-bond acceptors (Lipinski definition) is 8. The summed E-state index contributed by atoms with van der Waals surface area (Å²) in [6, 6.07) is 7.64. The molecule has 3 rings (SSSR count). The second kappa shape index (κ2) is 9.32. The summed E-state index contributed by atoms with van der Waals surface area (Å²) in [5.74, 6) is 0.833. The molecule has 0 aliphatic rings. The van der Waals surface area contributed by atoms with Crippen LogP contribution in [0.5, 0.6) is 5.75 Å². The predicted molar refractivity (Wildman–Crippen MR) is 114 cm³/mol. The van der Waals surface area contributed by atoms with Crippen LogP contribution in [0.3, 0.4) is 0 Å². The van der Waals surface area contributed by atoms with Gasteiger partial charge in [-0.1, -0.05) is 23.9 Å². The number of anilines is 1. The van der Waals surface area contributed by atoms with Crippen LogP contribution in [0.15, 0.2) is 40.5 Å². The van der Waals surface area contributed by atoms with E-state index >= 15 is 0 Å².